The molecule has 2 aromatic carbocycles. The summed E-state index contributed by atoms with van der Waals surface area (Å²) < 4.78 is 15.4. The smallest absolute Gasteiger partial charge is 0.244 e. The molecule has 0 spiro atoms. The normalized spacial score (nSPS) is 10.8. The second-order valence-corrected chi connectivity index (χ2v) is 5.89. The van der Waals surface area contributed by atoms with Crippen LogP contribution in [0.1, 0.15) is 30.1 Å². The number of benzene rings is 2. The highest BCUT2D eigenvalue weighted by atomic mass is 19.1. The van der Waals surface area contributed by atoms with Crippen molar-refractivity contribution in [1.82, 2.24) is 4.57 Å². The van der Waals surface area contributed by atoms with Crippen molar-refractivity contribution in [1.29, 1.82) is 0 Å². The number of halogens is 1. The molecule has 0 aliphatic rings. The summed E-state index contributed by atoms with van der Waals surface area (Å²) in [6.45, 7) is 1.97. The Balaban J connectivity index is 1.87. The van der Waals surface area contributed by atoms with Gasteiger partial charge in [0.2, 0.25) is 5.91 Å². The largest absolute Gasteiger partial charge is 0.337 e. The minimum atomic E-state index is -0.480. The number of nitrogens with zero attached hydrogens (tertiary/aromatic N) is 1. The zero-order chi connectivity index (χ0) is 17.8. The first-order valence-corrected chi connectivity index (χ1v) is 8.25. The fourth-order valence-corrected chi connectivity index (χ4v) is 2.87. The molecule has 0 saturated heterocycles. The highest BCUT2D eigenvalue weighted by Crippen LogP contribution is 2.23. The Bertz CT molecular complexity index is 930. The van der Waals surface area contributed by atoms with Crippen LogP contribution in [0.25, 0.3) is 10.9 Å². The molecule has 1 N–H and O–H groups in total. The maximum absolute atomic E-state index is 13.7. The summed E-state index contributed by atoms with van der Waals surface area (Å²) in [5, 5.41) is 3.40. The van der Waals surface area contributed by atoms with Gasteiger partial charge in [0.1, 0.15) is 12.4 Å². The molecule has 0 saturated carbocycles. The van der Waals surface area contributed by atoms with Crippen LogP contribution in [0, 0.1) is 5.82 Å². The summed E-state index contributed by atoms with van der Waals surface area (Å²) >= 11 is 0. The summed E-state index contributed by atoms with van der Waals surface area (Å²) in [5.74, 6) is -0.765. The Morgan fingerprint density at radius 1 is 1.08 bits per heavy atom. The second-order valence-electron chi connectivity index (χ2n) is 5.89. The van der Waals surface area contributed by atoms with Crippen LogP contribution in [0.3, 0.4) is 0 Å². The van der Waals surface area contributed by atoms with E-state index in [1.54, 1.807) is 22.9 Å². The Labute approximate surface area is 145 Å². The number of aromatic nitrogens is 1. The second kappa shape index (κ2) is 7.30. The number of rotatable bonds is 6. The number of carbonyl (C=O) groups excluding carboxylic acids is 2. The number of anilines is 1. The molecule has 0 aliphatic carbocycles. The Hall–Kier alpha value is -2.95. The van der Waals surface area contributed by atoms with Crippen molar-refractivity contribution in [3.8, 4) is 0 Å². The van der Waals surface area contributed by atoms with Crippen LogP contribution in [0.5, 0.6) is 0 Å². The van der Waals surface area contributed by atoms with Gasteiger partial charge in [0.05, 0.1) is 5.69 Å². The van der Waals surface area contributed by atoms with Crippen LogP contribution >= 0.6 is 0 Å². The maximum atomic E-state index is 13.7. The van der Waals surface area contributed by atoms with E-state index in [1.807, 2.05) is 31.2 Å². The van der Waals surface area contributed by atoms with Gasteiger partial charge in [0.15, 0.2) is 5.78 Å². The van der Waals surface area contributed by atoms with Crippen LogP contribution in [0.15, 0.2) is 54.7 Å². The zero-order valence-corrected chi connectivity index (χ0v) is 14.0. The van der Waals surface area contributed by atoms with Crippen LogP contribution < -0.4 is 5.32 Å². The molecule has 3 rings (SSSR count). The van der Waals surface area contributed by atoms with Gasteiger partial charge in [-0.05, 0) is 24.6 Å². The number of amides is 1. The SMILES string of the molecule is CCCC(=O)c1cn(CC(=O)Nc2ccccc2F)c2ccccc12. The number of carbonyl (C=O) groups is 2. The van der Waals surface area contributed by atoms with E-state index in [-0.39, 0.29) is 23.9 Å². The van der Waals surface area contributed by atoms with Crippen molar-refractivity contribution in [2.45, 2.75) is 26.3 Å². The van der Waals surface area contributed by atoms with E-state index in [9.17, 15) is 14.0 Å². The molecule has 0 atom stereocenters. The predicted octanol–water partition coefficient (Wildman–Crippen LogP) is 4.40. The van der Waals surface area contributed by atoms with Gasteiger partial charge in [0, 0.05) is 29.1 Å². The van der Waals surface area contributed by atoms with Gasteiger partial charge in [-0.2, -0.15) is 0 Å². The molecule has 0 bridgehead atoms. The molecule has 1 heterocycles. The van der Waals surface area contributed by atoms with Gasteiger partial charge in [-0.25, -0.2) is 4.39 Å². The molecule has 25 heavy (non-hydrogen) atoms. The number of nitrogens with one attached hydrogen (secondary N) is 1. The Morgan fingerprint density at radius 3 is 2.56 bits per heavy atom. The minimum Gasteiger partial charge on any atom is -0.337 e. The van der Waals surface area contributed by atoms with E-state index in [2.05, 4.69) is 5.32 Å². The van der Waals surface area contributed by atoms with Gasteiger partial charge in [-0.1, -0.05) is 37.3 Å². The number of fused-ring (bicyclic) bond motifs is 1. The molecule has 4 nitrogen and oxygen atoms in total. The molecular formula is C20H19FN2O2. The highest BCUT2D eigenvalue weighted by molar-refractivity contribution is 6.08. The highest BCUT2D eigenvalue weighted by Gasteiger charge is 2.16. The average Bonchev–Trinajstić information content (AvgIpc) is 2.96. The first-order chi connectivity index (χ1) is 12.1. The molecule has 128 valence electrons. The first kappa shape index (κ1) is 16.9. The lowest BCUT2D eigenvalue weighted by atomic mass is 10.1. The monoisotopic (exact) mass is 338 g/mol. The van der Waals surface area contributed by atoms with Gasteiger partial charge < -0.3 is 9.88 Å². The number of hydrogen-bond donors (Lipinski definition) is 1. The van der Waals surface area contributed by atoms with Gasteiger partial charge >= 0.3 is 0 Å². The topological polar surface area (TPSA) is 51.1 Å². The molecular weight excluding hydrogens is 319 g/mol. The third kappa shape index (κ3) is 3.60. The summed E-state index contributed by atoms with van der Waals surface area (Å²) in [6.07, 6.45) is 2.95. The summed E-state index contributed by atoms with van der Waals surface area (Å²) in [6, 6.07) is 13.5. The lowest BCUT2D eigenvalue weighted by molar-refractivity contribution is -0.116. The van der Waals surface area contributed by atoms with Gasteiger partial charge in [-0.15, -0.1) is 0 Å². The van der Waals surface area contributed by atoms with E-state index in [4.69, 9.17) is 0 Å². The third-order valence-electron chi connectivity index (χ3n) is 4.03. The van der Waals surface area contributed by atoms with Crippen LogP contribution in [-0.2, 0) is 11.3 Å². The van der Waals surface area contributed by atoms with Crippen LogP contribution in [-0.4, -0.2) is 16.3 Å². The van der Waals surface area contributed by atoms with E-state index in [0.29, 0.717) is 12.0 Å². The molecule has 3 aromatic rings. The number of hydrogen-bond acceptors (Lipinski definition) is 2. The fraction of sp³-hybridized carbons (Fsp3) is 0.200. The molecule has 5 heteroatoms. The van der Waals surface area contributed by atoms with Crippen molar-refractivity contribution in [2.24, 2.45) is 0 Å². The minimum absolute atomic E-state index is 0.00819. The molecule has 1 amide bonds. The van der Waals surface area contributed by atoms with Crippen LogP contribution in [0.4, 0.5) is 10.1 Å². The van der Waals surface area contributed by atoms with Crippen molar-refractivity contribution in [3.63, 3.8) is 0 Å². The average molecular weight is 338 g/mol. The van der Waals surface area contributed by atoms with Crippen molar-refractivity contribution >= 4 is 28.3 Å². The molecule has 0 radical (unpaired) electrons. The Kier molecular flexibility index (Phi) is 4.93. The summed E-state index contributed by atoms with van der Waals surface area (Å²) in [4.78, 5) is 24.6. The number of Topliss-reactive ketones (excluding diaryl/α,β-unsaturated/α-hetero) is 1. The van der Waals surface area contributed by atoms with E-state index >= 15 is 0 Å². The third-order valence-corrected chi connectivity index (χ3v) is 4.03. The van der Waals surface area contributed by atoms with E-state index < -0.39 is 5.82 Å². The lowest BCUT2D eigenvalue weighted by Gasteiger charge is -2.08. The van der Waals surface area contributed by atoms with Gasteiger partial charge in [0.25, 0.3) is 0 Å². The standard InChI is InChI=1S/C20H19FN2O2/c1-2-7-19(24)15-12-23(18-11-6-3-8-14(15)18)13-20(25)22-17-10-5-4-9-16(17)21/h3-6,8-12H,2,7,13H2,1H3,(H,22,25). The lowest BCUT2D eigenvalue weighted by Crippen LogP contribution is -2.19. The Morgan fingerprint density at radius 2 is 1.80 bits per heavy atom. The predicted molar refractivity (Wildman–Crippen MR) is 96.2 cm³/mol. The molecule has 0 fully saturated rings. The molecule has 0 aliphatic heterocycles. The number of para-hydroxylation sites is 2. The van der Waals surface area contributed by atoms with Gasteiger partial charge in [-0.3, -0.25) is 9.59 Å². The maximum Gasteiger partial charge on any atom is 0.244 e. The number of ketones is 1. The molecule has 1 aromatic heterocycles. The molecule has 0 unspecified atom stereocenters. The van der Waals surface area contributed by atoms with Crippen molar-refractivity contribution < 1.29 is 14.0 Å². The van der Waals surface area contributed by atoms with Crippen molar-refractivity contribution in [2.75, 3.05) is 5.32 Å². The van der Waals surface area contributed by atoms with Crippen LogP contribution in [0.2, 0.25) is 0 Å². The fourth-order valence-electron chi connectivity index (χ4n) is 2.87. The van der Waals surface area contributed by atoms with Crippen molar-refractivity contribution in [3.05, 3.63) is 66.1 Å². The quantitative estimate of drug-likeness (QED) is 0.677. The van der Waals surface area contributed by atoms with E-state index in [0.717, 1.165) is 17.3 Å². The first-order valence-electron chi connectivity index (χ1n) is 8.25. The zero-order valence-electron chi connectivity index (χ0n) is 14.0. The summed E-state index contributed by atoms with van der Waals surface area (Å²) in [7, 11) is 0. The summed E-state index contributed by atoms with van der Waals surface area (Å²) in [5.41, 5.74) is 1.58. The van der Waals surface area contributed by atoms with E-state index in [1.165, 1.54) is 12.1 Å².